The highest BCUT2D eigenvalue weighted by Crippen LogP contribution is 2.08. The second-order valence-corrected chi connectivity index (χ2v) is 5.85. The van der Waals surface area contributed by atoms with Gasteiger partial charge in [-0.1, -0.05) is 17.7 Å². The zero-order chi connectivity index (χ0) is 16.8. The van der Waals surface area contributed by atoms with Crippen molar-refractivity contribution in [2.45, 2.75) is 20.0 Å². The average Bonchev–Trinajstić information content (AvgIpc) is 3.23. The Balaban J connectivity index is 1.63. The van der Waals surface area contributed by atoms with Crippen molar-refractivity contribution >= 4 is 11.6 Å². The summed E-state index contributed by atoms with van der Waals surface area (Å²) in [6.07, 6.45) is 3.29. The lowest BCUT2D eigenvalue weighted by Crippen LogP contribution is -3.10. The van der Waals surface area contributed by atoms with Crippen LogP contribution in [0.1, 0.15) is 17.1 Å². The minimum Gasteiger partial charge on any atom is -0.463 e. The first-order valence-electron chi connectivity index (χ1n) is 7.94. The van der Waals surface area contributed by atoms with Crippen LogP contribution in [0.15, 0.2) is 69.9 Å². The predicted octanol–water partition coefficient (Wildman–Crippen LogP) is 2.40. The molecule has 0 fully saturated rings. The Morgan fingerprint density at radius 2 is 1.54 bits per heavy atom. The number of hydrogen-bond acceptors (Lipinski definition) is 3. The fourth-order valence-corrected chi connectivity index (χ4v) is 2.58. The largest absolute Gasteiger partial charge is 0.463 e. The number of rotatable bonds is 7. The maximum atomic E-state index is 12.4. The Morgan fingerprint density at radius 3 is 2.04 bits per heavy atom. The van der Waals surface area contributed by atoms with Crippen LogP contribution in [0.2, 0.25) is 0 Å². The van der Waals surface area contributed by atoms with E-state index in [0.717, 1.165) is 27.7 Å². The Kier molecular flexibility index (Phi) is 5.13. The summed E-state index contributed by atoms with van der Waals surface area (Å²) < 4.78 is 10.8. The molecule has 2 aromatic heterocycles. The Morgan fingerprint density at radius 1 is 0.958 bits per heavy atom. The van der Waals surface area contributed by atoms with E-state index in [4.69, 9.17) is 8.83 Å². The van der Waals surface area contributed by atoms with Crippen LogP contribution in [-0.4, -0.2) is 12.5 Å². The quantitative estimate of drug-likeness (QED) is 0.701. The second kappa shape index (κ2) is 7.66. The van der Waals surface area contributed by atoms with E-state index in [2.05, 4.69) is 5.32 Å². The van der Waals surface area contributed by atoms with Gasteiger partial charge in [-0.15, -0.1) is 0 Å². The van der Waals surface area contributed by atoms with Crippen LogP contribution in [0.4, 0.5) is 5.69 Å². The highest BCUT2D eigenvalue weighted by molar-refractivity contribution is 5.91. The van der Waals surface area contributed by atoms with E-state index >= 15 is 0 Å². The van der Waals surface area contributed by atoms with Crippen molar-refractivity contribution in [2.75, 3.05) is 11.9 Å². The first kappa shape index (κ1) is 16.1. The van der Waals surface area contributed by atoms with Gasteiger partial charge in [-0.25, -0.2) is 0 Å². The van der Waals surface area contributed by atoms with Crippen molar-refractivity contribution < 1.29 is 18.5 Å². The smallest absolute Gasteiger partial charge is 0.279 e. The minimum atomic E-state index is -0.0352. The molecule has 0 spiro atoms. The highest BCUT2D eigenvalue weighted by Gasteiger charge is 2.18. The van der Waals surface area contributed by atoms with Gasteiger partial charge in [0, 0.05) is 5.69 Å². The lowest BCUT2D eigenvalue weighted by Gasteiger charge is -2.17. The van der Waals surface area contributed by atoms with Crippen molar-refractivity contribution in [3.63, 3.8) is 0 Å². The maximum absolute atomic E-state index is 12.4. The molecule has 3 aromatic rings. The van der Waals surface area contributed by atoms with Crippen LogP contribution in [0.25, 0.3) is 0 Å². The Hall–Kier alpha value is -2.79. The van der Waals surface area contributed by atoms with Gasteiger partial charge < -0.3 is 19.1 Å². The summed E-state index contributed by atoms with van der Waals surface area (Å²) in [7, 11) is 0. The first-order chi connectivity index (χ1) is 11.7. The molecule has 24 heavy (non-hydrogen) atoms. The molecule has 0 bridgehead atoms. The summed E-state index contributed by atoms with van der Waals surface area (Å²) in [4.78, 5) is 13.4. The van der Waals surface area contributed by atoms with Gasteiger partial charge in [0.1, 0.15) is 13.1 Å². The monoisotopic (exact) mass is 325 g/mol. The van der Waals surface area contributed by atoms with E-state index < -0.39 is 0 Å². The van der Waals surface area contributed by atoms with Gasteiger partial charge in [0.05, 0.1) is 12.5 Å². The molecule has 0 saturated heterocycles. The zero-order valence-corrected chi connectivity index (χ0v) is 13.6. The van der Waals surface area contributed by atoms with E-state index in [9.17, 15) is 4.79 Å². The molecule has 1 amide bonds. The van der Waals surface area contributed by atoms with Crippen LogP contribution in [-0.2, 0) is 17.9 Å². The van der Waals surface area contributed by atoms with Crippen molar-refractivity contribution in [3.8, 4) is 0 Å². The van der Waals surface area contributed by atoms with Crippen molar-refractivity contribution in [3.05, 3.63) is 78.1 Å². The minimum absolute atomic E-state index is 0.0352. The Labute approximate surface area is 140 Å². The summed E-state index contributed by atoms with van der Waals surface area (Å²) in [6, 6.07) is 15.3. The van der Waals surface area contributed by atoms with Crippen LogP contribution in [0.3, 0.4) is 0 Å². The van der Waals surface area contributed by atoms with Crippen LogP contribution < -0.4 is 10.2 Å². The van der Waals surface area contributed by atoms with E-state index in [0.29, 0.717) is 19.6 Å². The molecule has 2 N–H and O–H groups in total. The zero-order valence-electron chi connectivity index (χ0n) is 13.6. The average molecular weight is 325 g/mol. The number of aryl methyl sites for hydroxylation is 1. The number of anilines is 1. The van der Waals surface area contributed by atoms with Crippen molar-refractivity contribution in [2.24, 2.45) is 0 Å². The molecule has 1 aromatic carbocycles. The number of hydrogen-bond donors (Lipinski definition) is 2. The number of furan rings is 2. The standard InChI is InChI=1S/C19H20N2O3/c1-15-6-8-16(9-7-15)20-19(22)14-21(12-17-4-2-10-23-17)13-18-5-3-11-24-18/h2-11H,12-14H2,1H3,(H,20,22)/p+1. The molecule has 5 nitrogen and oxygen atoms in total. The van der Waals surface area contributed by atoms with E-state index in [1.807, 2.05) is 55.5 Å². The fraction of sp³-hybridized carbons (Fsp3) is 0.211. The second-order valence-electron chi connectivity index (χ2n) is 5.85. The lowest BCUT2D eigenvalue weighted by atomic mass is 10.2. The number of carbonyl (C=O) groups is 1. The molecule has 0 aliphatic rings. The van der Waals surface area contributed by atoms with Gasteiger partial charge in [-0.2, -0.15) is 0 Å². The number of nitrogens with one attached hydrogen (secondary N) is 2. The molecule has 0 aliphatic heterocycles. The molecule has 0 atom stereocenters. The SMILES string of the molecule is Cc1ccc(NC(=O)C[NH+](Cc2ccco2)Cc2ccco2)cc1. The summed E-state index contributed by atoms with van der Waals surface area (Å²) in [5.41, 5.74) is 1.97. The predicted molar refractivity (Wildman–Crippen MR) is 90.5 cm³/mol. The molecule has 5 heteroatoms. The molecule has 2 heterocycles. The fourth-order valence-electron chi connectivity index (χ4n) is 2.58. The van der Waals surface area contributed by atoms with Crippen LogP contribution in [0.5, 0.6) is 0 Å². The molecule has 124 valence electrons. The van der Waals surface area contributed by atoms with Gasteiger partial charge in [0.2, 0.25) is 0 Å². The van der Waals surface area contributed by atoms with E-state index in [-0.39, 0.29) is 5.91 Å². The molecule has 0 saturated carbocycles. The van der Waals surface area contributed by atoms with Crippen molar-refractivity contribution in [1.29, 1.82) is 0 Å². The number of amides is 1. The summed E-state index contributed by atoms with van der Waals surface area (Å²) in [5, 5.41) is 2.94. The molecular weight excluding hydrogens is 304 g/mol. The van der Waals surface area contributed by atoms with Crippen molar-refractivity contribution in [1.82, 2.24) is 0 Å². The third kappa shape index (κ3) is 4.60. The third-order valence-corrected chi connectivity index (χ3v) is 3.75. The highest BCUT2D eigenvalue weighted by atomic mass is 16.3. The molecule has 0 aliphatic carbocycles. The number of benzene rings is 1. The topological polar surface area (TPSA) is 59.8 Å². The summed E-state index contributed by atoms with van der Waals surface area (Å²) in [6.45, 7) is 3.59. The van der Waals surface area contributed by atoms with Gasteiger partial charge in [-0.3, -0.25) is 4.79 Å². The lowest BCUT2D eigenvalue weighted by molar-refractivity contribution is -0.921. The van der Waals surface area contributed by atoms with Crippen LogP contribution in [0, 0.1) is 6.92 Å². The number of quaternary nitrogens is 1. The molecule has 0 radical (unpaired) electrons. The molecular formula is C19H21N2O3+. The normalized spacial score (nSPS) is 10.9. The maximum Gasteiger partial charge on any atom is 0.279 e. The van der Waals surface area contributed by atoms with Gasteiger partial charge in [-0.05, 0) is 43.3 Å². The van der Waals surface area contributed by atoms with Gasteiger partial charge in [0.25, 0.3) is 5.91 Å². The van der Waals surface area contributed by atoms with E-state index in [1.54, 1.807) is 12.5 Å². The summed E-state index contributed by atoms with van der Waals surface area (Å²) in [5.74, 6) is 1.66. The first-order valence-corrected chi connectivity index (χ1v) is 7.94. The third-order valence-electron chi connectivity index (χ3n) is 3.75. The molecule has 3 rings (SSSR count). The number of carbonyl (C=O) groups excluding carboxylic acids is 1. The Bertz CT molecular complexity index is 710. The molecule has 0 unspecified atom stereocenters. The summed E-state index contributed by atoms with van der Waals surface area (Å²) >= 11 is 0. The van der Waals surface area contributed by atoms with Crippen LogP contribution >= 0.6 is 0 Å². The van der Waals surface area contributed by atoms with Gasteiger partial charge in [0.15, 0.2) is 18.1 Å². The van der Waals surface area contributed by atoms with Gasteiger partial charge >= 0.3 is 0 Å². The van der Waals surface area contributed by atoms with E-state index in [1.165, 1.54) is 0 Å².